The molecule has 0 bridgehead atoms. The Balaban J connectivity index is 2.57. The van der Waals surface area contributed by atoms with Crippen LogP contribution in [-0.2, 0) is 14.3 Å². The van der Waals surface area contributed by atoms with Crippen molar-refractivity contribution < 1.29 is 28.2 Å². The number of rotatable bonds is 3. The third-order valence-corrected chi connectivity index (χ3v) is 2.33. The minimum absolute atomic E-state index is 0.00637. The van der Waals surface area contributed by atoms with Gasteiger partial charge in [-0.3, -0.25) is 0 Å². The Morgan fingerprint density at radius 1 is 1.38 bits per heavy atom. The summed E-state index contributed by atoms with van der Waals surface area (Å²) < 4.78 is 31.3. The molecule has 90 valence electrons. The summed E-state index contributed by atoms with van der Waals surface area (Å²) >= 11 is 0. The molecular weight excluding hydrogens is 222 g/mol. The highest BCUT2D eigenvalue weighted by molar-refractivity contribution is 5.90. The van der Waals surface area contributed by atoms with Crippen LogP contribution in [0.4, 0.5) is 8.78 Å². The second-order valence-corrected chi connectivity index (χ2v) is 3.59. The van der Waals surface area contributed by atoms with Crippen LogP contribution in [0.25, 0.3) is 0 Å². The molecule has 0 amide bonds. The number of carboxylic acid groups (broad SMARTS) is 1. The maximum Gasteiger partial charge on any atom is 0.333 e. The molecule has 1 rings (SSSR count). The van der Waals surface area contributed by atoms with E-state index in [1.165, 1.54) is 0 Å². The third-order valence-electron chi connectivity index (χ3n) is 2.33. The van der Waals surface area contributed by atoms with Gasteiger partial charge in [0.05, 0.1) is 0 Å². The molecule has 2 unspecified atom stereocenters. The lowest BCUT2D eigenvalue weighted by Crippen LogP contribution is -2.42. The van der Waals surface area contributed by atoms with Gasteiger partial charge in [-0.2, -0.15) is 4.39 Å². The van der Waals surface area contributed by atoms with E-state index in [-0.39, 0.29) is 12.8 Å². The highest BCUT2D eigenvalue weighted by Crippen LogP contribution is 2.35. The van der Waals surface area contributed by atoms with Gasteiger partial charge >= 0.3 is 11.9 Å². The Labute approximate surface area is 90.9 Å². The van der Waals surface area contributed by atoms with Crippen LogP contribution in [0.15, 0.2) is 12.2 Å². The van der Waals surface area contributed by atoms with Crippen molar-refractivity contribution in [3.63, 3.8) is 0 Å². The maximum atomic E-state index is 13.7. The van der Waals surface area contributed by atoms with Gasteiger partial charge in [-0.1, -0.05) is 6.42 Å². The van der Waals surface area contributed by atoms with Crippen LogP contribution in [0.3, 0.4) is 0 Å². The van der Waals surface area contributed by atoms with Gasteiger partial charge in [-0.05, 0) is 12.8 Å². The molecule has 0 radical (unpaired) electrons. The minimum Gasteiger partial charge on any atom is -0.478 e. The molecule has 0 aromatic heterocycles. The van der Waals surface area contributed by atoms with Gasteiger partial charge in [0.15, 0.2) is 6.17 Å². The summed E-state index contributed by atoms with van der Waals surface area (Å²) in [4.78, 5) is 21.1. The summed E-state index contributed by atoms with van der Waals surface area (Å²) in [6.45, 7) is 0. The fourth-order valence-corrected chi connectivity index (χ4v) is 1.52. The van der Waals surface area contributed by atoms with Crippen molar-refractivity contribution in [3.8, 4) is 0 Å². The Bertz CT molecular complexity index is 316. The Morgan fingerprint density at radius 2 is 2.06 bits per heavy atom. The first kappa shape index (κ1) is 12.6. The molecular formula is C10H12F2O4. The summed E-state index contributed by atoms with van der Waals surface area (Å²) in [6.07, 6.45) is 0.0331. The molecule has 0 aromatic carbocycles. The zero-order valence-electron chi connectivity index (χ0n) is 8.49. The van der Waals surface area contributed by atoms with Crippen molar-refractivity contribution in [2.45, 2.75) is 37.7 Å². The smallest absolute Gasteiger partial charge is 0.333 e. The van der Waals surface area contributed by atoms with Crippen molar-refractivity contribution in [1.82, 2.24) is 0 Å². The van der Waals surface area contributed by atoms with Crippen molar-refractivity contribution in [1.29, 1.82) is 0 Å². The molecule has 1 N–H and O–H groups in total. The topological polar surface area (TPSA) is 63.6 Å². The molecule has 1 saturated carbocycles. The molecule has 0 saturated heterocycles. The van der Waals surface area contributed by atoms with E-state index in [9.17, 15) is 18.4 Å². The van der Waals surface area contributed by atoms with E-state index >= 15 is 0 Å². The zero-order chi connectivity index (χ0) is 12.2. The van der Waals surface area contributed by atoms with Crippen LogP contribution in [0.1, 0.15) is 25.7 Å². The van der Waals surface area contributed by atoms with Crippen molar-refractivity contribution in [2.75, 3.05) is 0 Å². The summed E-state index contributed by atoms with van der Waals surface area (Å²) in [6, 6.07) is 0. The monoisotopic (exact) mass is 234 g/mol. The van der Waals surface area contributed by atoms with Crippen LogP contribution < -0.4 is 0 Å². The predicted octanol–water partition coefficient (Wildman–Crippen LogP) is 1.75. The van der Waals surface area contributed by atoms with E-state index in [4.69, 9.17) is 5.11 Å². The molecule has 16 heavy (non-hydrogen) atoms. The van der Waals surface area contributed by atoms with E-state index in [1.54, 1.807) is 0 Å². The number of esters is 1. The number of aliphatic carboxylic acids is 1. The van der Waals surface area contributed by atoms with Crippen molar-refractivity contribution >= 4 is 11.9 Å². The maximum absolute atomic E-state index is 13.7. The number of alkyl halides is 2. The second kappa shape index (κ2) is 5.05. The fourth-order valence-electron chi connectivity index (χ4n) is 1.52. The summed E-state index contributed by atoms with van der Waals surface area (Å²) in [5.41, 5.74) is 0. The summed E-state index contributed by atoms with van der Waals surface area (Å²) in [5, 5.41) is 8.22. The lowest BCUT2D eigenvalue weighted by atomic mass is 9.93. The molecule has 0 heterocycles. The van der Waals surface area contributed by atoms with Gasteiger partial charge in [0.2, 0.25) is 0 Å². The van der Waals surface area contributed by atoms with Gasteiger partial charge in [-0.25, -0.2) is 14.0 Å². The molecule has 0 aliphatic heterocycles. The molecule has 4 nitrogen and oxygen atoms in total. The first-order valence-corrected chi connectivity index (χ1v) is 4.91. The Kier molecular flexibility index (Phi) is 3.98. The molecule has 1 aliphatic carbocycles. The van der Waals surface area contributed by atoms with Crippen LogP contribution in [0.5, 0.6) is 0 Å². The normalized spacial score (nSPS) is 30.2. The second-order valence-electron chi connectivity index (χ2n) is 3.59. The summed E-state index contributed by atoms with van der Waals surface area (Å²) in [5.74, 6) is -5.15. The number of hydrogen-bond acceptors (Lipinski definition) is 3. The van der Waals surface area contributed by atoms with Gasteiger partial charge < -0.3 is 9.84 Å². The van der Waals surface area contributed by atoms with E-state index in [2.05, 4.69) is 4.74 Å². The highest BCUT2D eigenvalue weighted by Gasteiger charge is 2.45. The Morgan fingerprint density at radius 3 is 2.62 bits per heavy atom. The lowest BCUT2D eigenvalue weighted by molar-refractivity contribution is -0.204. The minimum atomic E-state index is -2.61. The number of hydrogen-bond donors (Lipinski definition) is 1. The van der Waals surface area contributed by atoms with Crippen LogP contribution in [-0.4, -0.2) is 29.1 Å². The lowest BCUT2D eigenvalue weighted by Gasteiger charge is -2.31. The molecule has 6 heteroatoms. The number of carbonyl (C=O) groups is 2. The number of ether oxygens (including phenoxy) is 1. The van der Waals surface area contributed by atoms with Gasteiger partial charge in [0.1, 0.15) is 0 Å². The number of carboxylic acids is 1. The molecule has 0 spiro atoms. The SMILES string of the molecule is O=C(O)/C=C/C(=O)OC1(F)CCCCC1F. The van der Waals surface area contributed by atoms with Crippen molar-refractivity contribution in [3.05, 3.63) is 12.2 Å². The van der Waals surface area contributed by atoms with Gasteiger partial charge in [0, 0.05) is 18.6 Å². The molecule has 1 fully saturated rings. The van der Waals surface area contributed by atoms with Gasteiger partial charge in [-0.15, -0.1) is 0 Å². The zero-order valence-corrected chi connectivity index (χ0v) is 8.49. The van der Waals surface area contributed by atoms with Crippen LogP contribution in [0, 0.1) is 0 Å². The van der Waals surface area contributed by atoms with E-state index in [1.807, 2.05) is 0 Å². The molecule has 0 aromatic rings. The van der Waals surface area contributed by atoms with E-state index in [0.717, 1.165) is 0 Å². The number of carbonyl (C=O) groups excluding carboxylic acids is 1. The molecule has 2 atom stereocenters. The van der Waals surface area contributed by atoms with E-state index in [0.29, 0.717) is 25.0 Å². The average Bonchev–Trinajstić information content (AvgIpc) is 2.20. The van der Waals surface area contributed by atoms with Crippen LogP contribution >= 0.6 is 0 Å². The third kappa shape index (κ3) is 3.29. The first-order valence-electron chi connectivity index (χ1n) is 4.91. The quantitative estimate of drug-likeness (QED) is 0.596. The largest absolute Gasteiger partial charge is 0.478 e. The predicted molar refractivity (Wildman–Crippen MR) is 50.1 cm³/mol. The standard InChI is InChI=1S/C10H12F2O4/c11-7-3-1-2-6-10(7,12)16-9(15)5-4-8(13)14/h4-5,7H,1-3,6H2,(H,13,14)/b5-4+. The average molecular weight is 234 g/mol. The van der Waals surface area contributed by atoms with E-state index < -0.39 is 24.0 Å². The first-order chi connectivity index (χ1) is 7.44. The fraction of sp³-hybridized carbons (Fsp3) is 0.600. The summed E-state index contributed by atoms with van der Waals surface area (Å²) in [7, 11) is 0. The highest BCUT2D eigenvalue weighted by atomic mass is 19.2. The number of halogens is 2. The van der Waals surface area contributed by atoms with Crippen LogP contribution in [0.2, 0.25) is 0 Å². The van der Waals surface area contributed by atoms with Gasteiger partial charge in [0.25, 0.3) is 5.85 Å². The Hall–Kier alpha value is -1.46. The van der Waals surface area contributed by atoms with Crippen molar-refractivity contribution in [2.24, 2.45) is 0 Å². The molecule has 1 aliphatic rings.